The van der Waals surface area contributed by atoms with E-state index in [2.05, 4.69) is 10.6 Å². The maximum atomic E-state index is 12.3. The van der Waals surface area contributed by atoms with E-state index >= 15 is 0 Å². The molecule has 7 heteroatoms. The number of hydrogen-bond donors (Lipinski definition) is 2. The Kier molecular flexibility index (Phi) is 8.75. The molecule has 2 fully saturated rings. The molecule has 0 aromatic rings. The van der Waals surface area contributed by atoms with Crippen LogP contribution >= 0.6 is 12.4 Å². The van der Waals surface area contributed by atoms with E-state index in [0.29, 0.717) is 38.6 Å². The molecule has 0 bridgehead atoms. The molecule has 0 aromatic heterocycles. The minimum Gasteiger partial charge on any atom is -0.373 e. The van der Waals surface area contributed by atoms with Crippen LogP contribution in [0.15, 0.2) is 0 Å². The predicted octanol–water partition coefficient (Wildman–Crippen LogP) is 0.551. The van der Waals surface area contributed by atoms with Crippen LogP contribution in [0.5, 0.6) is 0 Å². The van der Waals surface area contributed by atoms with Gasteiger partial charge in [-0.15, -0.1) is 12.4 Å². The first kappa shape index (κ1) is 19.2. The largest absolute Gasteiger partial charge is 0.373 e. The Hall–Kier alpha value is -0.850. The highest BCUT2D eigenvalue weighted by Crippen LogP contribution is 2.19. The molecule has 2 rings (SSSR count). The van der Waals surface area contributed by atoms with Crippen molar-refractivity contribution in [2.24, 2.45) is 5.92 Å². The third kappa shape index (κ3) is 6.50. The summed E-state index contributed by atoms with van der Waals surface area (Å²) >= 11 is 0. The Balaban J connectivity index is 0.00000242. The van der Waals surface area contributed by atoms with Gasteiger partial charge in [0.05, 0.1) is 12.7 Å². The number of nitrogens with zero attached hydrogens (tertiary/aromatic N) is 1. The van der Waals surface area contributed by atoms with E-state index in [4.69, 9.17) is 4.74 Å². The summed E-state index contributed by atoms with van der Waals surface area (Å²) in [6.07, 6.45) is 3.92. The van der Waals surface area contributed by atoms with Crippen LogP contribution in [0.1, 0.15) is 32.6 Å². The van der Waals surface area contributed by atoms with E-state index < -0.39 is 0 Å². The molecule has 0 aliphatic carbocycles. The van der Waals surface area contributed by atoms with Gasteiger partial charge in [0.2, 0.25) is 11.8 Å². The van der Waals surface area contributed by atoms with Crippen molar-refractivity contribution in [3.8, 4) is 0 Å². The van der Waals surface area contributed by atoms with Crippen molar-refractivity contribution in [3.05, 3.63) is 0 Å². The minimum atomic E-state index is -0.0783. The fraction of sp³-hybridized carbons (Fsp3) is 0.867. The van der Waals surface area contributed by atoms with Crippen molar-refractivity contribution in [2.45, 2.75) is 38.7 Å². The average molecular weight is 334 g/mol. The first-order valence-electron chi connectivity index (χ1n) is 7.99. The summed E-state index contributed by atoms with van der Waals surface area (Å²) in [7, 11) is 0. The summed E-state index contributed by atoms with van der Waals surface area (Å²) in [5.41, 5.74) is 0. The molecule has 0 spiro atoms. The van der Waals surface area contributed by atoms with Crippen LogP contribution in [0.3, 0.4) is 0 Å². The molecular formula is C15H28ClN3O3. The molecule has 0 aromatic carbocycles. The van der Waals surface area contributed by atoms with Crippen molar-refractivity contribution in [1.82, 2.24) is 15.5 Å². The summed E-state index contributed by atoms with van der Waals surface area (Å²) in [6, 6.07) is 0. The Morgan fingerprint density at radius 1 is 1.32 bits per heavy atom. The van der Waals surface area contributed by atoms with Gasteiger partial charge in [-0.1, -0.05) is 0 Å². The fourth-order valence-electron chi connectivity index (χ4n) is 2.98. The highest BCUT2D eigenvalue weighted by atomic mass is 35.5. The highest BCUT2D eigenvalue weighted by Gasteiger charge is 2.25. The first-order valence-corrected chi connectivity index (χ1v) is 7.99. The lowest BCUT2D eigenvalue weighted by Crippen LogP contribution is -2.49. The molecule has 0 radical (unpaired) electrons. The van der Waals surface area contributed by atoms with Crippen LogP contribution in [0.25, 0.3) is 0 Å². The zero-order chi connectivity index (χ0) is 15.1. The number of amides is 2. The van der Waals surface area contributed by atoms with E-state index in [1.807, 2.05) is 4.90 Å². The molecule has 1 atom stereocenters. The van der Waals surface area contributed by atoms with E-state index in [1.54, 1.807) is 0 Å². The Morgan fingerprint density at radius 3 is 2.73 bits per heavy atom. The molecule has 2 heterocycles. The monoisotopic (exact) mass is 333 g/mol. The fourth-order valence-corrected chi connectivity index (χ4v) is 2.98. The van der Waals surface area contributed by atoms with Crippen molar-refractivity contribution < 1.29 is 14.3 Å². The second-order valence-corrected chi connectivity index (χ2v) is 6.00. The van der Waals surface area contributed by atoms with E-state index in [-0.39, 0.29) is 30.3 Å². The number of hydrogen-bond acceptors (Lipinski definition) is 4. The van der Waals surface area contributed by atoms with Crippen LogP contribution in [-0.2, 0) is 14.3 Å². The third-order valence-corrected chi connectivity index (χ3v) is 4.30. The minimum absolute atomic E-state index is 0. The van der Waals surface area contributed by atoms with Gasteiger partial charge in [0.1, 0.15) is 0 Å². The molecule has 22 heavy (non-hydrogen) atoms. The standard InChI is InChI=1S/C15H27N3O3.ClH/c1-12(19)17-10-14-11-18(8-9-21-14)15(20)3-2-13-4-6-16-7-5-13;/h13-14,16H,2-11H2,1H3,(H,17,19);1H. The normalized spacial score (nSPS) is 22.8. The Morgan fingerprint density at radius 2 is 2.05 bits per heavy atom. The first-order chi connectivity index (χ1) is 10.1. The molecule has 128 valence electrons. The van der Waals surface area contributed by atoms with Crippen LogP contribution in [0, 0.1) is 5.92 Å². The summed E-state index contributed by atoms with van der Waals surface area (Å²) in [4.78, 5) is 25.1. The van der Waals surface area contributed by atoms with E-state index in [0.717, 1.165) is 19.5 Å². The highest BCUT2D eigenvalue weighted by molar-refractivity contribution is 5.85. The summed E-state index contributed by atoms with van der Waals surface area (Å²) in [5, 5.41) is 6.10. The van der Waals surface area contributed by atoms with Crippen LogP contribution in [-0.4, -0.2) is 62.1 Å². The summed E-state index contributed by atoms with van der Waals surface area (Å²) in [5.74, 6) is 0.851. The number of ether oxygens (including phenoxy) is 1. The topological polar surface area (TPSA) is 70.7 Å². The third-order valence-electron chi connectivity index (χ3n) is 4.30. The Bertz CT molecular complexity index is 362. The van der Waals surface area contributed by atoms with Crippen molar-refractivity contribution in [1.29, 1.82) is 0 Å². The molecule has 6 nitrogen and oxygen atoms in total. The number of piperidine rings is 1. The van der Waals surface area contributed by atoms with Gasteiger partial charge >= 0.3 is 0 Å². The lowest BCUT2D eigenvalue weighted by molar-refractivity contribution is -0.139. The molecule has 0 saturated carbocycles. The number of rotatable bonds is 5. The Labute approximate surface area is 138 Å². The van der Waals surface area contributed by atoms with Gasteiger partial charge in [0.25, 0.3) is 0 Å². The van der Waals surface area contributed by atoms with Gasteiger partial charge in [-0.25, -0.2) is 0 Å². The number of carbonyl (C=O) groups is 2. The summed E-state index contributed by atoms with van der Waals surface area (Å²) in [6.45, 7) is 5.94. The maximum Gasteiger partial charge on any atom is 0.222 e. The lowest BCUT2D eigenvalue weighted by atomic mass is 9.93. The SMILES string of the molecule is CC(=O)NCC1CN(C(=O)CCC2CCNCC2)CCO1.Cl. The van der Waals surface area contributed by atoms with E-state index in [9.17, 15) is 9.59 Å². The molecule has 2 aliphatic heterocycles. The zero-order valence-corrected chi connectivity index (χ0v) is 14.1. The van der Waals surface area contributed by atoms with Crippen molar-refractivity contribution >= 4 is 24.2 Å². The molecular weight excluding hydrogens is 306 g/mol. The molecule has 2 saturated heterocycles. The van der Waals surface area contributed by atoms with Gasteiger partial charge in [0, 0.05) is 33.0 Å². The van der Waals surface area contributed by atoms with Crippen molar-refractivity contribution in [2.75, 3.05) is 39.3 Å². The van der Waals surface area contributed by atoms with E-state index in [1.165, 1.54) is 19.8 Å². The number of carbonyl (C=O) groups excluding carboxylic acids is 2. The molecule has 2 aliphatic rings. The smallest absolute Gasteiger partial charge is 0.222 e. The van der Waals surface area contributed by atoms with Gasteiger partial charge in [-0.3, -0.25) is 9.59 Å². The van der Waals surface area contributed by atoms with Crippen LogP contribution in [0.2, 0.25) is 0 Å². The molecule has 2 N–H and O–H groups in total. The van der Waals surface area contributed by atoms with Gasteiger partial charge in [0.15, 0.2) is 0 Å². The second kappa shape index (κ2) is 10.0. The van der Waals surface area contributed by atoms with Gasteiger partial charge in [-0.05, 0) is 38.3 Å². The number of morpholine rings is 1. The quantitative estimate of drug-likeness (QED) is 0.771. The zero-order valence-electron chi connectivity index (χ0n) is 13.3. The molecule has 1 unspecified atom stereocenters. The number of halogens is 1. The predicted molar refractivity (Wildman–Crippen MR) is 87.1 cm³/mol. The second-order valence-electron chi connectivity index (χ2n) is 6.00. The van der Waals surface area contributed by atoms with Gasteiger partial charge in [-0.2, -0.15) is 0 Å². The van der Waals surface area contributed by atoms with Crippen LogP contribution in [0.4, 0.5) is 0 Å². The van der Waals surface area contributed by atoms with Crippen molar-refractivity contribution in [3.63, 3.8) is 0 Å². The number of nitrogens with one attached hydrogen (secondary N) is 2. The van der Waals surface area contributed by atoms with Gasteiger partial charge < -0.3 is 20.3 Å². The average Bonchev–Trinajstić information content (AvgIpc) is 2.52. The summed E-state index contributed by atoms with van der Waals surface area (Å²) < 4.78 is 5.59. The maximum absolute atomic E-state index is 12.3. The lowest BCUT2D eigenvalue weighted by Gasteiger charge is -2.33. The molecule has 2 amide bonds. The van der Waals surface area contributed by atoms with Crippen LogP contribution < -0.4 is 10.6 Å².